The number of carbonyl (C=O) groups excluding carboxylic acids is 8. The summed E-state index contributed by atoms with van der Waals surface area (Å²) < 4.78 is 86.3. The second-order valence-electron chi connectivity index (χ2n) is 20.1. The van der Waals surface area contributed by atoms with Crippen LogP contribution in [0.1, 0.15) is 80.5 Å². The Kier molecular flexibility index (Phi) is 13.5. The first-order chi connectivity index (χ1) is 41.1. The van der Waals surface area contributed by atoms with Crippen molar-refractivity contribution in [1.82, 2.24) is 0 Å². The van der Waals surface area contributed by atoms with Gasteiger partial charge in [-0.2, -0.15) is 0 Å². The predicted molar refractivity (Wildman–Crippen MR) is 306 cm³/mol. The Balaban J connectivity index is 1.09. The van der Waals surface area contributed by atoms with E-state index in [-0.39, 0.29) is 52.0 Å². The molecule has 0 unspecified atom stereocenters. The largest absolute Gasteiger partial charge is 0.459 e. The van der Waals surface area contributed by atoms with Gasteiger partial charge in [0.15, 0.2) is 0 Å². The summed E-state index contributed by atoms with van der Waals surface area (Å²) in [7, 11) is 0. The molecule has 0 amide bonds. The molecule has 418 valence electrons. The average molecular weight is 1190 g/mol. The van der Waals surface area contributed by atoms with Crippen LogP contribution in [0.25, 0.3) is 42.5 Å². The molecule has 13 rings (SSSR count). The molecule has 0 saturated heterocycles. The van der Waals surface area contributed by atoms with E-state index in [4.69, 9.17) is 18.9 Å². The van der Waals surface area contributed by atoms with Crippen LogP contribution in [0.2, 0.25) is 0 Å². The van der Waals surface area contributed by atoms with Gasteiger partial charge in [0.2, 0.25) is 34.0 Å². The molecule has 0 N–H and O–H groups in total. The number of esters is 4. The van der Waals surface area contributed by atoms with Gasteiger partial charge in [0.1, 0.15) is 49.7 Å². The number of halogens is 4. The molecule has 12 nitrogen and oxygen atoms in total. The van der Waals surface area contributed by atoms with Gasteiger partial charge in [-0.25, -0.2) is 17.6 Å². The summed E-state index contributed by atoms with van der Waals surface area (Å²) in [5.74, 6) is -14.9. The Hall–Kier alpha value is -9.82. The zero-order valence-corrected chi connectivity index (χ0v) is 46.1. The van der Waals surface area contributed by atoms with E-state index in [9.17, 15) is 28.0 Å². The minimum absolute atomic E-state index is 0.0354. The van der Waals surface area contributed by atoms with Crippen LogP contribution in [0.15, 0.2) is 163 Å². The number of hydrogen-bond donors (Lipinski definition) is 0. The van der Waals surface area contributed by atoms with E-state index < -0.39 is 135 Å². The number of benzene rings is 6. The first-order valence-corrected chi connectivity index (χ1v) is 28.5. The summed E-state index contributed by atoms with van der Waals surface area (Å²) in [5, 5.41) is 0. The van der Waals surface area contributed by atoms with Gasteiger partial charge in [-0.1, -0.05) is 121 Å². The Morgan fingerprint density at radius 1 is 0.435 bits per heavy atom. The number of carbonyl (C=O) groups is 8. The zero-order chi connectivity index (χ0) is 59.1. The summed E-state index contributed by atoms with van der Waals surface area (Å²) in [4.78, 5) is 120. The normalized spacial score (nSPS) is 15.8. The summed E-state index contributed by atoms with van der Waals surface area (Å²) in [6.45, 7) is -1.86. The minimum atomic E-state index is -2.99. The average Bonchev–Trinajstić information content (AvgIpc) is 1.55. The molecule has 3 heterocycles. The van der Waals surface area contributed by atoms with Crippen molar-refractivity contribution in [3.8, 4) is 9.75 Å². The van der Waals surface area contributed by atoms with Crippen LogP contribution in [0, 0.1) is 23.3 Å². The highest BCUT2D eigenvalue weighted by molar-refractivity contribution is 7.32. The van der Waals surface area contributed by atoms with Gasteiger partial charge in [-0.15, -0.1) is 34.0 Å². The van der Waals surface area contributed by atoms with Gasteiger partial charge in [0.05, 0.1) is 20.0 Å². The highest BCUT2D eigenvalue weighted by atomic mass is 32.1. The number of fused-ring (bicyclic) bond motifs is 9. The Bertz CT molecular complexity index is 4410. The maximum Gasteiger partial charge on any atom is 0.333 e. The lowest BCUT2D eigenvalue weighted by Crippen LogP contribution is -2.51. The van der Waals surface area contributed by atoms with Crippen LogP contribution in [-0.4, -0.2) is 47.0 Å². The Labute approximate surface area is 490 Å². The monoisotopic (exact) mass is 1190 g/mol. The molecule has 3 aromatic heterocycles. The fraction of sp³-hybridized carbons (Fsp3) is 0.0909. The van der Waals surface area contributed by atoms with Gasteiger partial charge < -0.3 is 18.9 Å². The van der Waals surface area contributed by atoms with E-state index in [1.165, 1.54) is 12.2 Å². The lowest BCUT2D eigenvalue weighted by molar-refractivity contribution is -0.167. The third-order valence-corrected chi connectivity index (χ3v) is 18.7. The topological polar surface area (TPSA) is 173 Å². The molecule has 85 heavy (non-hydrogen) atoms. The summed E-state index contributed by atoms with van der Waals surface area (Å²) in [6.07, 6.45) is 3.54. The molecule has 9 aromatic rings. The first-order valence-electron chi connectivity index (χ1n) is 26.0. The molecule has 0 atom stereocenters. The van der Waals surface area contributed by atoms with Crippen LogP contribution < -0.4 is 0 Å². The third-order valence-electron chi connectivity index (χ3n) is 15.1. The zero-order valence-electron chi connectivity index (χ0n) is 43.6. The molecule has 0 spiro atoms. The predicted octanol–water partition coefficient (Wildman–Crippen LogP) is 12.6. The molecular weight excluding hydrogens is 1160 g/mol. The fourth-order valence-corrected chi connectivity index (χ4v) is 15.5. The van der Waals surface area contributed by atoms with E-state index >= 15 is 28.0 Å². The standard InChI is InChI=1S/C66H36F4O12S3/c67-38-23-41-42(54(71)57(74)50(41)46(70)26-38)27-40-28-48-58(83-40)53-60(85-48)59-52(66(53,63(77)81-31-35-17-9-3-10-18-35)64(78)82-32-36-19-11-4-12-20-36)51-47(84-59)22-37(21-43-49-44(56(73)55(43)72)24-39(68)25-45(49)69)65(51,61(75)79-29-33-13-5-1-6-14-33)62(76)80-30-34-15-7-2-8-16-34/h1-28H,29-32H2/b42-27-,43-21-. The van der Waals surface area contributed by atoms with Crippen LogP contribution >= 0.6 is 34.0 Å². The second kappa shape index (κ2) is 21.1. The molecular formula is C66H36F4O12S3. The number of allylic oxidation sites excluding steroid dienone is 3. The lowest BCUT2D eigenvalue weighted by Gasteiger charge is -2.33. The Morgan fingerprint density at radius 3 is 1.39 bits per heavy atom. The number of ketones is 4. The molecule has 4 aliphatic rings. The molecule has 0 bridgehead atoms. The van der Waals surface area contributed by atoms with Crippen molar-refractivity contribution >= 4 is 114 Å². The number of hydrogen-bond acceptors (Lipinski definition) is 15. The fourth-order valence-electron chi connectivity index (χ4n) is 11.3. The smallest absolute Gasteiger partial charge is 0.333 e. The van der Waals surface area contributed by atoms with Crippen LogP contribution in [-0.2, 0) is 85.0 Å². The molecule has 19 heteroatoms. The maximum absolute atomic E-state index is 16.2. The van der Waals surface area contributed by atoms with Gasteiger partial charge in [-0.3, -0.25) is 38.4 Å². The molecule has 0 saturated carbocycles. The van der Waals surface area contributed by atoms with E-state index in [1.807, 2.05) is 0 Å². The number of ether oxygens (including phenoxy) is 4. The maximum atomic E-state index is 16.2. The number of thiophene rings is 3. The summed E-state index contributed by atoms with van der Waals surface area (Å²) in [5.41, 5.74) is -8.26. The first kappa shape index (κ1) is 54.4. The van der Waals surface area contributed by atoms with Crippen LogP contribution in [0.3, 0.4) is 0 Å². The molecule has 0 radical (unpaired) electrons. The molecule has 6 aromatic carbocycles. The quantitative estimate of drug-likeness (QED) is 0.0252. The summed E-state index contributed by atoms with van der Waals surface area (Å²) >= 11 is 2.92. The van der Waals surface area contributed by atoms with Gasteiger partial charge in [0.25, 0.3) is 0 Å². The molecule has 4 aliphatic carbocycles. The lowest BCUT2D eigenvalue weighted by atomic mass is 9.69. The van der Waals surface area contributed by atoms with Crippen LogP contribution in [0.5, 0.6) is 0 Å². The molecule has 0 fully saturated rings. The van der Waals surface area contributed by atoms with Crippen molar-refractivity contribution < 1.29 is 74.9 Å². The molecule has 0 aliphatic heterocycles. The minimum Gasteiger partial charge on any atom is -0.459 e. The SMILES string of the molecule is O=C1C(=O)c2c(F)cc(F)cc2/C1=C/c1cc2sc3c(c2s1)C(C(=O)OCc1ccccc1)(C(=O)OCc1ccccc1)c1c-3sc2c1C(C(=O)OCc1ccccc1)(C(=O)OCc1ccccc1)C(/C=C1\C(=O)C(=O)c3cc(F)cc(F)c31)=C2. The van der Waals surface area contributed by atoms with Gasteiger partial charge >= 0.3 is 23.9 Å². The van der Waals surface area contributed by atoms with Crippen molar-refractivity contribution in [2.24, 2.45) is 0 Å². The van der Waals surface area contributed by atoms with Crippen molar-refractivity contribution in [3.05, 3.63) is 258 Å². The van der Waals surface area contributed by atoms with Crippen LogP contribution in [0.4, 0.5) is 17.6 Å². The third kappa shape index (κ3) is 8.75. The van der Waals surface area contributed by atoms with Gasteiger partial charge in [0, 0.05) is 71.1 Å². The van der Waals surface area contributed by atoms with E-state index in [0.717, 1.165) is 46.2 Å². The van der Waals surface area contributed by atoms with E-state index in [0.29, 0.717) is 45.2 Å². The van der Waals surface area contributed by atoms with E-state index in [2.05, 4.69) is 0 Å². The van der Waals surface area contributed by atoms with Crippen molar-refractivity contribution in [1.29, 1.82) is 0 Å². The van der Waals surface area contributed by atoms with Crippen molar-refractivity contribution in [2.75, 3.05) is 0 Å². The Morgan fingerprint density at radius 2 is 0.882 bits per heavy atom. The number of rotatable bonds is 14. The van der Waals surface area contributed by atoms with Crippen molar-refractivity contribution in [2.45, 2.75) is 37.3 Å². The van der Waals surface area contributed by atoms with Gasteiger partial charge in [-0.05, 0) is 64.3 Å². The second-order valence-corrected chi connectivity index (χ2v) is 23.3. The highest BCUT2D eigenvalue weighted by Gasteiger charge is 2.68. The number of Topliss-reactive ketones (excluding diaryl/α,β-unsaturated/α-hetero) is 4. The van der Waals surface area contributed by atoms with E-state index in [1.54, 1.807) is 127 Å². The highest BCUT2D eigenvalue weighted by Crippen LogP contribution is 2.66. The summed E-state index contributed by atoms with van der Waals surface area (Å²) in [6, 6.07) is 37.7. The van der Waals surface area contributed by atoms with Crippen molar-refractivity contribution in [3.63, 3.8) is 0 Å².